The highest BCUT2D eigenvalue weighted by molar-refractivity contribution is 6.34. The van der Waals surface area contributed by atoms with E-state index in [1.165, 1.54) is 19.3 Å². The number of hydrogen-bond donors (Lipinski definition) is 2. The quantitative estimate of drug-likeness (QED) is 0.702. The minimum Gasteiger partial charge on any atom is -0.339 e. The monoisotopic (exact) mass is 427 g/mol. The third-order valence-electron chi connectivity index (χ3n) is 5.87. The first-order chi connectivity index (χ1) is 13.0. The second-order valence-corrected chi connectivity index (χ2v) is 8.26. The number of rotatable bonds is 6. The lowest BCUT2D eigenvalue weighted by Gasteiger charge is -2.31. The first-order valence-corrected chi connectivity index (χ1v) is 10.5. The average molecular weight is 428 g/mol. The summed E-state index contributed by atoms with van der Waals surface area (Å²) in [5.74, 6) is 0.546. The van der Waals surface area contributed by atoms with E-state index in [2.05, 4.69) is 10.6 Å². The van der Waals surface area contributed by atoms with E-state index in [9.17, 15) is 9.59 Å². The second-order valence-electron chi connectivity index (χ2n) is 7.85. The van der Waals surface area contributed by atoms with E-state index in [4.69, 9.17) is 11.6 Å². The second kappa shape index (κ2) is 11.0. The molecule has 2 amide bonds. The van der Waals surface area contributed by atoms with Crippen molar-refractivity contribution in [3.05, 3.63) is 28.8 Å². The molecule has 5 nitrogen and oxygen atoms in total. The van der Waals surface area contributed by atoms with Gasteiger partial charge in [-0.05, 0) is 62.9 Å². The molecule has 1 aliphatic heterocycles. The van der Waals surface area contributed by atoms with Gasteiger partial charge in [0.15, 0.2) is 0 Å². The van der Waals surface area contributed by atoms with E-state index in [1.807, 2.05) is 11.9 Å². The van der Waals surface area contributed by atoms with E-state index in [0.717, 1.165) is 38.8 Å². The number of nitrogens with zero attached hydrogens (tertiary/aromatic N) is 1. The van der Waals surface area contributed by atoms with Crippen molar-refractivity contribution in [2.24, 2.45) is 5.92 Å². The number of benzene rings is 1. The number of carbonyl (C=O) groups excluding carboxylic acids is 2. The van der Waals surface area contributed by atoms with Gasteiger partial charge in [-0.25, -0.2) is 0 Å². The molecule has 1 aromatic rings. The van der Waals surface area contributed by atoms with Crippen LogP contribution in [-0.4, -0.2) is 42.9 Å². The lowest BCUT2D eigenvalue weighted by Crippen LogP contribution is -2.38. The molecule has 2 aliphatic rings. The Morgan fingerprint density at radius 3 is 2.61 bits per heavy atom. The van der Waals surface area contributed by atoms with E-state index in [1.54, 1.807) is 18.2 Å². The van der Waals surface area contributed by atoms with Crippen molar-refractivity contribution >= 4 is 41.5 Å². The van der Waals surface area contributed by atoms with Crippen molar-refractivity contribution < 1.29 is 9.59 Å². The summed E-state index contributed by atoms with van der Waals surface area (Å²) in [7, 11) is 1.86. The summed E-state index contributed by atoms with van der Waals surface area (Å²) in [6.45, 7) is 2.05. The Morgan fingerprint density at radius 2 is 1.96 bits per heavy atom. The summed E-state index contributed by atoms with van der Waals surface area (Å²) in [5, 5.41) is 6.60. The molecular weight excluding hydrogens is 397 g/mol. The summed E-state index contributed by atoms with van der Waals surface area (Å²) < 4.78 is 0. The molecule has 7 heteroatoms. The Morgan fingerprint density at radius 1 is 1.21 bits per heavy atom. The van der Waals surface area contributed by atoms with Gasteiger partial charge in [0.25, 0.3) is 5.91 Å². The summed E-state index contributed by atoms with van der Waals surface area (Å²) in [6, 6.07) is 5.47. The van der Waals surface area contributed by atoms with Crippen molar-refractivity contribution in [3.63, 3.8) is 0 Å². The molecule has 3 rings (SSSR count). The Hall–Kier alpha value is -1.30. The maximum Gasteiger partial charge on any atom is 0.255 e. The molecule has 2 N–H and O–H groups in total. The molecule has 0 bridgehead atoms. The van der Waals surface area contributed by atoms with Crippen molar-refractivity contribution in [2.45, 2.75) is 57.4 Å². The molecule has 1 unspecified atom stereocenters. The predicted octanol–water partition coefficient (Wildman–Crippen LogP) is 4.49. The molecule has 156 valence electrons. The van der Waals surface area contributed by atoms with Gasteiger partial charge in [0.1, 0.15) is 0 Å². The van der Waals surface area contributed by atoms with E-state index in [-0.39, 0.29) is 24.2 Å². The lowest BCUT2D eigenvalue weighted by molar-refractivity contribution is -0.116. The Balaban J connectivity index is 0.00000280. The smallest absolute Gasteiger partial charge is 0.255 e. The zero-order chi connectivity index (χ0) is 19.2. The molecule has 1 aliphatic carbocycles. The number of hydrogen-bond acceptors (Lipinski definition) is 3. The molecule has 0 spiro atoms. The minimum absolute atomic E-state index is 0. The number of anilines is 1. The van der Waals surface area contributed by atoms with Gasteiger partial charge in [-0.1, -0.05) is 30.9 Å². The van der Waals surface area contributed by atoms with Crippen LogP contribution in [0, 0.1) is 5.92 Å². The zero-order valence-electron chi connectivity index (χ0n) is 16.5. The summed E-state index contributed by atoms with van der Waals surface area (Å²) in [4.78, 5) is 26.8. The molecular formula is C21H31Cl2N3O2. The molecule has 1 saturated carbocycles. The van der Waals surface area contributed by atoms with Crippen LogP contribution in [0.5, 0.6) is 0 Å². The Labute approximate surface area is 179 Å². The molecule has 1 saturated heterocycles. The fourth-order valence-corrected chi connectivity index (χ4v) is 4.37. The van der Waals surface area contributed by atoms with Crippen molar-refractivity contribution in [1.82, 2.24) is 10.2 Å². The van der Waals surface area contributed by atoms with Gasteiger partial charge in [-0.3, -0.25) is 9.59 Å². The van der Waals surface area contributed by atoms with Crippen LogP contribution in [0.1, 0.15) is 61.7 Å². The highest BCUT2D eigenvalue weighted by Crippen LogP contribution is 2.27. The third-order valence-corrected chi connectivity index (χ3v) is 6.18. The average Bonchev–Trinajstić information content (AvgIpc) is 3.20. The van der Waals surface area contributed by atoms with Gasteiger partial charge in [0, 0.05) is 25.2 Å². The first kappa shape index (κ1) is 23.0. The molecule has 2 fully saturated rings. The highest BCUT2D eigenvalue weighted by atomic mass is 35.5. The summed E-state index contributed by atoms with van der Waals surface area (Å²) in [5.41, 5.74) is 1.14. The van der Waals surface area contributed by atoms with Crippen molar-refractivity contribution in [3.8, 4) is 0 Å². The fraction of sp³-hybridized carbons (Fsp3) is 0.619. The van der Waals surface area contributed by atoms with Crippen LogP contribution in [0.4, 0.5) is 5.69 Å². The maximum absolute atomic E-state index is 12.8. The maximum atomic E-state index is 12.8. The van der Waals surface area contributed by atoms with Gasteiger partial charge in [-0.2, -0.15) is 0 Å². The normalized spacial score (nSPS) is 19.7. The molecule has 0 radical (unpaired) electrons. The van der Waals surface area contributed by atoms with E-state index in [0.29, 0.717) is 34.7 Å². The Bertz CT molecular complexity index is 672. The number of carbonyl (C=O) groups is 2. The van der Waals surface area contributed by atoms with Crippen LogP contribution in [-0.2, 0) is 4.79 Å². The lowest BCUT2D eigenvalue weighted by atomic mass is 9.94. The van der Waals surface area contributed by atoms with Crippen LogP contribution in [0.3, 0.4) is 0 Å². The molecule has 0 aromatic heterocycles. The first-order valence-electron chi connectivity index (χ1n) is 10.1. The van der Waals surface area contributed by atoms with Crippen LogP contribution in [0.15, 0.2) is 18.2 Å². The van der Waals surface area contributed by atoms with Gasteiger partial charge in [-0.15, -0.1) is 12.4 Å². The predicted molar refractivity (Wildman–Crippen MR) is 117 cm³/mol. The number of nitrogens with one attached hydrogen (secondary N) is 2. The molecule has 1 aromatic carbocycles. The van der Waals surface area contributed by atoms with E-state index >= 15 is 0 Å². The minimum atomic E-state index is -0.0430. The summed E-state index contributed by atoms with van der Waals surface area (Å²) >= 11 is 6.36. The van der Waals surface area contributed by atoms with Crippen molar-refractivity contribution in [1.29, 1.82) is 0 Å². The largest absolute Gasteiger partial charge is 0.339 e. The van der Waals surface area contributed by atoms with Gasteiger partial charge in [0.05, 0.1) is 10.6 Å². The number of amides is 2. The van der Waals surface area contributed by atoms with Crippen molar-refractivity contribution in [2.75, 3.05) is 25.5 Å². The van der Waals surface area contributed by atoms with Gasteiger partial charge < -0.3 is 15.5 Å². The fourth-order valence-electron chi connectivity index (χ4n) is 4.11. The van der Waals surface area contributed by atoms with Crippen LogP contribution in [0.2, 0.25) is 5.02 Å². The molecule has 1 heterocycles. The zero-order valence-corrected chi connectivity index (χ0v) is 18.1. The topological polar surface area (TPSA) is 61.4 Å². The van der Waals surface area contributed by atoms with Crippen LogP contribution >= 0.6 is 24.0 Å². The van der Waals surface area contributed by atoms with Crippen LogP contribution in [0.25, 0.3) is 0 Å². The van der Waals surface area contributed by atoms with Gasteiger partial charge >= 0.3 is 0 Å². The SMILES string of the molecule is CN(C(=O)c1ccc(NC(=O)CCC2CCNC2)cc1Cl)C1CCCCC1.Cl. The van der Waals surface area contributed by atoms with E-state index < -0.39 is 0 Å². The molecule has 1 atom stereocenters. The highest BCUT2D eigenvalue weighted by Gasteiger charge is 2.24. The molecule has 28 heavy (non-hydrogen) atoms. The van der Waals surface area contributed by atoms with Crippen LogP contribution < -0.4 is 10.6 Å². The standard InChI is InChI=1S/C21H30ClN3O2.ClH/c1-25(17-5-3-2-4-6-17)21(27)18-9-8-16(13-19(18)22)24-20(26)10-7-15-11-12-23-14-15;/h8-9,13,15,17,23H,2-7,10-12,14H2,1H3,(H,24,26);1H. The Kier molecular flexibility index (Phi) is 9.06. The van der Waals surface area contributed by atoms with Gasteiger partial charge in [0.2, 0.25) is 5.91 Å². The third kappa shape index (κ3) is 6.10. The summed E-state index contributed by atoms with van der Waals surface area (Å²) in [6.07, 6.45) is 8.28. The number of halogens is 2.